The number of aliphatic hydroxyl groups is 1. The molecule has 108 valence electrons. The summed E-state index contributed by atoms with van der Waals surface area (Å²) in [6.07, 6.45) is -0.316. The number of benzene rings is 1. The summed E-state index contributed by atoms with van der Waals surface area (Å²) >= 11 is 11.6. The van der Waals surface area contributed by atoms with E-state index < -0.39 is 22.2 Å². The van der Waals surface area contributed by atoms with E-state index in [9.17, 15) is 13.5 Å². The maximum absolute atomic E-state index is 12.1. The monoisotopic (exact) mass is 326 g/mol. The molecule has 19 heavy (non-hydrogen) atoms. The molecule has 0 heterocycles. The summed E-state index contributed by atoms with van der Waals surface area (Å²) in [6, 6.07) is 2.23. The molecule has 0 saturated heterocycles. The summed E-state index contributed by atoms with van der Waals surface area (Å²) in [5, 5.41) is 9.32. The van der Waals surface area contributed by atoms with Gasteiger partial charge in [-0.05, 0) is 32.4 Å². The van der Waals surface area contributed by atoms with Gasteiger partial charge in [0.25, 0.3) is 0 Å². The highest BCUT2D eigenvalue weighted by atomic mass is 35.5. The van der Waals surface area contributed by atoms with Crippen LogP contribution in [0.1, 0.15) is 20.3 Å². The molecular weight excluding hydrogens is 311 g/mol. The van der Waals surface area contributed by atoms with Crippen molar-refractivity contribution in [1.29, 1.82) is 0 Å². The van der Waals surface area contributed by atoms with Crippen LogP contribution in [0.5, 0.6) is 0 Å². The van der Waals surface area contributed by atoms with Crippen molar-refractivity contribution in [1.82, 2.24) is 4.72 Å². The molecule has 0 amide bonds. The van der Waals surface area contributed by atoms with E-state index in [1.807, 2.05) is 0 Å². The first-order chi connectivity index (χ1) is 8.65. The predicted molar refractivity (Wildman–Crippen MR) is 77.0 cm³/mol. The summed E-state index contributed by atoms with van der Waals surface area (Å²) in [6.45, 7) is 3.23. The fourth-order valence-corrected chi connectivity index (χ4v) is 3.67. The molecule has 1 aromatic carbocycles. The first kappa shape index (κ1) is 16.5. The molecule has 0 aliphatic rings. The number of sulfonamides is 1. The lowest BCUT2D eigenvalue weighted by atomic mass is 10.2. The lowest BCUT2D eigenvalue weighted by molar-refractivity contribution is 0.175. The fraction of sp³-hybridized carbons (Fsp3) is 0.455. The van der Waals surface area contributed by atoms with E-state index in [0.717, 1.165) is 0 Å². The third-order valence-electron chi connectivity index (χ3n) is 2.43. The largest absolute Gasteiger partial charge is 0.396 e. The molecule has 5 nitrogen and oxygen atoms in total. The molecule has 0 saturated carbocycles. The second kappa shape index (κ2) is 6.28. The minimum atomic E-state index is -3.81. The van der Waals surface area contributed by atoms with Crippen molar-refractivity contribution in [3.05, 3.63) is 22.2 Å². The molecule has 0 spiro atoms. The average Bonchev–Trinajstić information content (AvgIpc) is 2.23. The van der Waals surface area contributed by atoms with Gasteiger partial charge in [0.05, 0.1) is 21.8 Å². The summed E-state index contributed by atoms with van der Waals surface area (Å²) in [5.41, 5.74) is 5.62. The van der Waals surface area contributed by atoms with Crippen LogP contribution in [0.3, 0.4) is 0 Å². The van der Waals surface area contributed by atoms with Gasteiger partial charge in [0.1, 0.15) is 4.90 Å². The standard InChI is InChI=1S/C11H16Cl2N2O3S/c1-6(5-7(2)16)15-19(17,18)9-4-3-8(12)11(14)10(9)13/h3-4,6-7,15-16H,5,14H2,1-2H3. The second-order valence-corrected chi connectivity index (χ2v) is 6.85. The normalized spacial score (nSPS) is 15.2. The Bertz CT molecular complexity index is 561. The molecule has 0 aliphatic heterocycles. The van der Waals surface area contributed by atoms with Gasteiger partial charge in [-0.2, -0.15) is 0 Å². The first-order valence-electron chi connectivity index (χ1n) is 5.59. The Morgan fingerprint density at radius 1 is 1.37 bits per heavy atom. The van der Waals surface area contributed by atoms with Crippen molar-refractivity contribution in [3.8, 4) is 0 Å². The van der Waals surface area contributed by atoms with Gasteiger partial charge in [0, 0.05) is 6.04 Å². The zero-order valence-corrected chi connectivity index (χ0v) is 12.9. The van der Waals surface area contributed by atoms with Crippen LogP contribution in [-0.4, -0.2) is 25.7 Å². The smallest absolute Gasteiger partial charge is 0.242 e. The van der Waals surface area contributed by atoms with Crippen molar-refractivity contribution < 1.29 is 13.5 Å². The minimum absolute atomic E-state index is 0.0226. The quantitative estimate of drug-likeness (QED) is 0.721. The van der Waals surface area contributed by atoms with E-state index >= 15 is 0 Å². The predicted octanol–water partition coefficient (Wildman–Crippen LogP) is 2.01. The Balaban J connectivity index is 3.05. The molecule has 8 heteroatoms. The molecule has 0 radical (unpaired) electrons. The SMILES string of the molecule is CC(O)CC(C)NS(=O)(=O)c1ccc(Cl)c(N)c1Cl. The lowest BCUT2D eigenvalue weighted by Gasteiger charge is -2.16. The van der Waals surface area contributed by atoms with Gasteiger partial charge in [-0.25, -0.2) is 13.1 Å². The van der Waals surface area contributed by atoms with Crippen LogP contribution in [0.15, 0.2) is 17.0 Å². The average molecular weight is 327 g/mol. The van der Waals surface area contributed by atoms with E-state index in [-0.39, 0.29) is 20.6 Å². The van der Waals surface area contributed by atoms with Gasteiger partial charge in [0.15, 0.2) is 0 Å². The zero-order valence-electron chi connectivity index (χ0n) is 10.5. The molecule has 2 atom stereocenters. The van der Waals surface area contributed by atoms with Crippen LogP contribution in [0.2, 0.25) is 10.0 Å². The van der Waals surface area contributed by atoms with Crippen LogP contribution in [0.25, 0.3) is 0 Å². The number of hydrogen-bond acceptors (Lipinski definition) is 4. The lowest BCUT2D eigenvalue weighted by Crippen LogP contribution is -2.34. The molecule has 0 bridgehead atoms. The molecule has 1 rings (SSSR count). The summed E-state index contributed by atoms with van der Waals surface area (Å²) in [4.78, 5) is -0.131. The zero-order chi connectivity index (χ0) is 14.8. The highest BCUT2D eigenvalue weighted by Crippen LogP contribution is 2.33. The van der Waals surface area contributed by atoms with E-state index in [4.69, 9.17) is 28.9 Å². The van der Waals surface area contributed by atoms with Crippen LogP contribution >= 0.6 is 23.2 Å². The number of nitrogens with two attached hydrogens (primary N) is 1. The number of hydrogen-bond donors (Lipinski definition) is 3. The van der Waals surface area contributed by atoms with Crippen molar-refractivity contribution in [2.75, 3.05) is 5.73 Å². The third-order valence-corrected chi connectivity index (χ3v) is 4.91. The molecule has 0 fully saturated rings. The Labute approximate surface area is 122 Å². The number of nitrogens with one attached hydrogen (secondary N) is 1. The number of aliphatic hydroxyl groups excluding tert-OH is 1. The van der Waals surface area contributed by atoms with Gasteiger partial charge in [0.2, 0.25) is 10.0 Å². The first-order valence-corrected chi connectivity index (χ1v) is 7.83. The number of anilines is 1. The maximum atomic E-state index is 12.1. The highest BCUT2D eigenvalue weighted by molar-refractivity contribution is 7.89. The molecule has 1 aromatic rings. The van der Waals surface area contributed by atoms with Crippen LogP contribution in [0.4, 0.5) is 5.69 Å². The number of nitrogen functional groups attached to an aromatic ring is 1. The Morgan fingerprint density at radius 3 is 2.47 bits per heavy atom. The topological polar surface area (TPSA) is 92.4 Å². The van der Waals surface area contributed by atoms with Crippen molar-refractivity contribution >= 4 is 38.9 Å². The number of rotatable bonds is 5. The maximum Gasteiger partial charge on any atom is 0.242 e. The van der Waals surface area contributed by atoms with E-state index in [2.05, 4.69) is 4.72 Å². The highest BCUT2D eigenvalue weighted by Gasteiger charge is 2.23. The van der Waals surface area contributed by atoms with Gasteiger partial charge < -0.3 is 10.8 Å². The minimum Gasteiger partial charge on any atom is -0.396 e. The molecular formula is C11H16Cl2N2O3S. The molecule has 0 aliphatic carbocycles. The van der Waals surface area contributed by atoms with Gasteiger partial charge in [-0.3, -0.25) is 0 Å². The van der Waals surface area contributed by atoms with E-state index in [1.54, 1.807) is 13.8 Å². The Hall–Kier alpha value is -0.530. The van der Waals surface area contributed by atoms with Crippen molar-refractivity contribution in [3.63, 3.8) is 0 Å². The Morgan fingerprint density at radius 2 is 1.95 bits per heavy atom. The molecule has 0 aromatic heterocycles. The summed E-state index contributed by atoms with van der Waals surface area (Å²) in [7, 11) is -3.81. The fourth-order valence-electron chi connectivity index (χ4n) is 1.65. The summed E-state index contributed by atoms with van der Waals surface area (Å²) in [5.74, 6) is 0. The molecule has 2 unspecified atom stereocenters. The van der Waals surface area contributed by atoms with Crippen LogP contribution < -0.4 is 10.5 Å². The van der Waals surface area contributed by atoms with Gasteiger partial charge >= 0.3 is 0 Å². The number of halogens is 2. The third kappa shape index (κ3) is 4.22. The van der Waals surface area contributed by atoms with Gasteiger partial charge in [-0.15, -0.1) is 0 Å². The second-order valence-electron chi connectivity index (χ2n) is 4.38. The van der Waals surface area contributed by atoms with Crippen LogP contribution in [0, 0.1) is 0 Å². The van der Waals surface area contributed by atoms with Crippen molar-refractivity contribution in [2.24, 2.45) is 0 Å². The van der Waals surface area contributed by atoms with Crippen LogP contribution in [-0.2, 0) is 10.0 Å². The molecule has 4 N–H and O–H groups in total. The van der Waals surface area contributed by atoms with E-state index in [0.29, 0.717) is 6.42 Å². The Kier molecular flexibility index (Phi) is 5.46. The van der Waals surface area contributed by atoms with Gasteiger partial charge in [-0.1, -0.05) is 23.2 Å². The summed E-state index contributed by atoms with van der Waals surface area (Å²) < 4.78 is 26.7. The van der Waals surface area contributed by atoms with E-state index in [1.165, 1.54) is 12.1 Å². The van der Waals surface area contributed by atoms with Crippen molar-refractivity contribution in [2.45, 2.75) is 37.3 Å².